The van der Waals surface area contributed by atoms with Crippen molar-refractivity contribution in [2.75, 3.05) is 6.61 Å². The van der Waals surface area contributed by atoms with E-state index in [2.05, 4.69) is 68.7 Å². The van der Waals surface area contributed by atoms with E-state index >= 15 is 0 Å². The summed E-state index contributed by atoms with van der Waals surface area (Å²) in [5.41, 5.74) is 2.72. The van der Waals surface area contributed by atoms with Crippen LogP contribution >= 0.6 is 15.9 Å². The Morgan fingerprint density at radius 1 is 1.29 bits per heavy atom. The van der Waals surface area contributed by atoms with Crippen molar-refractivity contribution in [3.63, 3.8) is 0 Å². The SMILES string of the molecule is CCCOC1C(Br)CC1Oc1ccc(C(C)(C)C)cc1C. The Morgan fingerprint density at radius 3 is 2.52 bits per heavy atom. The lowest BCUT2D eigenvalue weighted by Crippen LogP contribution is -2.52. The molecule has 0 radical (unpaired) electrons. The predicted octanol–water partition coefficient (Wildman–Crippen LogP) is 5.00. The van der Waals surface area contributed by atoms with E-state index in [0.717, 1.165) is 25.2 Å². The van der Waals surface area contributed by atoms with Gasteiger partial charge >= 0.3 is 0 Å². The van der Waals surface area contributed by atoms with Gasteiger partial charge < -0.3 is 9.47 Å². The van der Waals surface area contributed by atoms with Crippen LogP contribution in [0.15, 0.2) is 18.2 Å². The van der Waals surface area contributed by atoms with Gasteiger partial charge in [-0.3, -0.25) is 0 Å². The van der Waals surface area contributed by atoms with E-state index in [0.29, 0.717) is 4.83 Å². The van der Waals surface area contributed by atoms with Crippen LogP contribution in [-0.4, -0.2) is 23.6 Å². The van der Waals surface area contributed by atoms with Gasteiger partial charge in [0.25, 0.3) is 0 Å². The number of benzene rings is 1. The van der Waals surface area contributed by atoms with Crippen molar-refractivity contribution in [3.8, 4) is 5.75 Å². The molecule has 1 saturated carbocycles. The zero-order chi connectivity index (χ0) is 15.6. The van der Waals surface area contributed by atoms with Crippen LogP contribution < -0.4 is 4.74 Å². The fourth-order valence-electron chi connectivity index (χ4n) is 2.52. The van der Waals surface area contributed by atoms with Crippen LogP contribution in [0, 0.1) is 6.92 Å². The highest BCUT2D eigenvalue weighted by Crippen LogP contribution is 2.36. The van der Waals surface area contributed by atoms with Crippen molar-refractivity contribution in [2.24, 2.45) is 0 Å². The van der Waals surface area contributed by atoms with E-state index in [4.69, 9.17) is 9.47 Å². The lowest BCUT2D eigenvalue weighted by Gasteiger charge is -2.41. The van der Waals surface area contributed by atoms with Crippen molar-refractivity contribution < 1.29 is 9.47 Å². The number of hydrogen-bond donors (Lipinski definition) is 0. The van der Waals surface area contributed by atoms with Crippen molar-refractivity contribution in [3.05, 3.63) is 29.3 Å². The predicted molar refractivity (Wildman–Crippen MR) is 91.7 cm³/mol. The fourth-order valence-corrected chi connectivity index (χ4v) is 3.38. The van der Waals surface area contributed by atoms with Crippen LogP contribution in [0.25, 0.3) is 0 Å². The van der Waals surface area contributed by atoms with Gasteiger partial charge in [-0.15, -0.1) is 0 Å². The van der Waals surface area contributed by atoms with E-state index in [1.807, 2.05) is 0 Å². The maximum absolute atomic E-state index is 6.17. The molecule has 2 rings (SSSR count). The Kier molecular flexibility index (Phi) is 5.37. The number of aryl methyl sites for hydroxylation is 1. The molecule has 1 fully saturated rings. The standard InChI is InChI=1S/C18H27BrO2/c1-6-9-20-17-14(19)11-16(17)21-15-8-7-13(10-12(15)2)18(3,4)5/h7-8,10,14,16-17H,6,9,11H2,1-5H3. The Morgan fingerprint density at radius 2 is 2.00 bits per heavy atom. The van der Waals surface area contributed by atoms with Crippen molar-refractivity contribution in [2.45, 2.75) is 69.9 Å². The first kappa shape index (κ1) is 16.8. The topological polar surface area (TPSA) is 18.5 Å². The normalized spacial score (nSPS) is 25.5. The fraction of sp³-hybridized carbons (Fsp3) is 0.667. The largest absolute Gasteiger partial charge is 0.487 e. The van der Waals surface area contributed by atoms with Gasteiger partial charge in [-0.2, -0.15) is 0 Å². The van der Waals surface area contributed by atoms with Crippen molar-refractivity contribution in [1.29, 1.82) is 0 Å². The summed E-state index contributed by atoms with van der Waals surface area (Å²) >= 11 is 3.66. The molecular weight excluding hydrogens is 328 g/mol. The van der Waals surface area contributed by atoms with Crippen molar-refractivity contribution >= 4 is 15.9 Å². The summed E-state index contributed by atoms with van der Waals surface area (Å²) in [5.74, 6) is 0.984. The molecule has 0 N–H and O–H groups in total. The van der Waals surface area contributed by atoms with Crippen LogP contribution in [0.3, 0.4) is 0 Å². The van der Waals surface area contributed by atoms with Gasteiger partial charge in [-0.05, 0) is 36.0 Å². The van der Waals surface area contributed by atoms with Crippen LogP contribution in [0.2, 0.25) is 0 Å². The molecular formula is C18H27BrO2. The van der Waals surface area contributed by atoms with E-state index < -0.39 is 0 Å². The number of ether oxygens (including phenoxy) is 2. The summed E-state index contributed by atoms with van der Waals surface area (Å²) < 4.78 is 12.0. The number of alkyl halides is 1. The highest BCUT2D eigenvalue weighted by atomic mass is 79.9. The second-order valence-corrected chi connectivity index (χ2v) is 8.15. The molecule has 1 aliphatic rings. The van der Waals surface area contributed by atoms with Gasteiger partial charge in [0.05, 0.1) is 0 Å². The van der Waals surface area contributed by atoms with Crippen molar-refractivity contribution in [1.82, 2.24) is 0 Å². The summed E-state index contributed by atoms with van der Waals surface area (Å²) in [6, 6.07) is 6.52. The molecule has 118 valence electrons. The Bertz CT molecular complexity index is 479. The molecule has 0 amide bonds. The molecule has 0 heterocycles. The Labute approximate surface area is 137 Å². The summed E-state index contributed by atoms with van der Waals surface area (Å²) in [6.07, 6.45) is 2.39. The van der Waals surface area contributed by atoms with Gasteiger partial charge in [-0.1, -0.05) is 55.8 Å². The molecule has 2 nitrogen and oxygen atoms in total. The molecule has 1 aromatic rings. The molecule has 1 aliphatic carbocycles. The number of rotatable bonds is 5. The maximum atomic E-state index is 6.17. The van der Waals surface area contributed by atoms with Gasteiger partial charge in [0.1, 0.15) is 18.0 Å². The average molecular weight is 355 g/mol. The highest BCUT2D eigenvalue weighted by molar-refractivity contribution is 9.09. The zero-order valence-corrected chi connectivity index (χ0v) is 15.4. The molecule has 3 atom stereocenters. The first-order valence-corrected chi connectivity index (χ1v) is 8.78. The third-order valence-electron chi connectivity index (χ3n) is 4.01. The van der Waals surface area contributed by atoms with E-state index in [1.165, 1.54) is 11.1 Å². The Balaban J connectivity index is 2.03. The third kappa shape index (κ3) is 4.01. The monoisotopic (exact) mass is 354 g/mol. The molecule has 0 saturated heterocycles. The molecule has 21 heavy (non-hydrogen) atoms. The van der Waals surface area contributed by atoms with Gasteiger partial charge in [0.2, 0.25) is 0 Å². The van der Waals surface area contributed by atoms with E-state index in [-0.39, 0.29) is 17.6 Å². The molecule has 0 spiro atoms. The number of hydrogen-bond acceptors (Lipinski definition) is 2. The zero-order valence-electron chi connectivity index (χ0n) is 13.8. The Hall–Kier alpha value is -0.540. The van der Waals surface area contributed by atoms with Gasteiger partial charge in [-0.25, -0.2) is 0 Å². The smallest absolute Gasteiger partial charge is 0.127 e. The average Bonchev–Trinajstić information content (AvgIpc) is 2.39. The molecule has 0 bridgehead atoms. The van der Waals surface area contributed by atoms with Gasteiger partial charge in [0.15, 0.2) is 0 Å². The molecule has 3 unspecified atom stereocenters. The first-order chi connectivity index (χ1) is 9.82. The van der Waals surface area contributed by atoms with E-state index in [9.17, 15) is 0 Å². The lowest BCUT2D eigenvalue weighted by molar-refractivity contribution is -0.0764. The summed E-state index contributed by atoms with van der Waals surface area (Å²) in [7, 11) is 0. The minimum atomic E-state index is 0.167. The van der Waals surface area contributed by atoms with Crippen LogP contribution in [0.1, 0.15) is 51.7 Å². The minimum absolute atomic E-state index is 0.167. The van der Waals surface area contributed by atoms with Crippen LogP contribution in [0.5, 0.6) is 5.75 Å². The second kappa shape index (κ2) is 6.70. The third-order valence-corrected chi connectivity index (χ3v) is 4.91. The summed E-state index contributed by atoms with van der Waals surface area (Å²) in [5, 5.41) is 0. The lowest BCUT2D eigenvalue weighted by atomic mass is 9.86. The van der Waals surface area contributed by atoms with E-state index in [1.54, 1.807) is 0 Å². The summed E-state index contributed by atoms with van der Waals surface area (Å²) in [6.45, 7) is 11.8. The second-order valence-electron chi connectivity index (χ2n) is 6.97. The van der Waals surface area contributed by atoms with Gasteiger partial charge in [0, 0.05) is 17.9 Å². The molecule has 1 aromatic carbocycles. The quantitative estimate of drug-likeness (QED) is 0.692. The van der Waals surface area contributed by atoms with Crippen LogP contribution in [0.4, 0.5) is 0 Å². The highest BCUT2D eigenvalue weighted by Gasteiger charge is 2.42. The number of halogens is 1. The molecule has 0 aromatic heterocycles. The molecule has 0 aliphatic heterocycles. The minimum Gasteiger partial charge on any atom is -0.487 e. The summed E-state index contributed by atoms with van der Waals surface area (Å²) in [4.78, 5) is 0.420. The van der Waals surface area contributed by atoms with Crippen LogP contribution in [-0.2, 0) is 10.2 Å². The first-order valence-electron chi connectivity index (χ1n) is 7.86. The maximum Gasteiger partial charge on any atom is 0.127 e. The molecule has 3 heteroatoms.